The molecule has 1 amide bonds. The van der Waals surface area contributed by atoms with Crippen LogP contribution in [0.3, 0.4) is 0 Å². The van der Waals surface area contributed by atoms with Crippen LogP contribution >= 0.6 is 11.6 Å². The molecule has 0 bridgehead atoms. The monoisotopic (exact) mass is 412 g/mol. The molecule has 29 heavy (non-hydrogen) atoms. The number of hydrogen-bond acceptors (Lipinski definition) is 3. The number of nitrogens with zero attached hydrogens (tertiary/aromatic N) is 4. The molecule has 2 aromatic rings. The first-order valence-electron chi connectivity index (χ1n) is 11.2. The van der Waals surface area contributed by atoms with Crippen LogP contribution in [-0.2, 0) is 12.0 Å². The Morgan fingerprint density at radius 3 is 2.55 bits per heavy atom. The SMILES string of the molecule is CCc1nc2n(n1)C1(CCCCC1)C1CCCCC1N2C(=O)c1ccc(Cl)cc1. The second kappa shape index (κ2) is 7.42. The number of aromatic nitrogens is 3. The number of carbonyl (C=O) groups is 1. The number of fused-ring (bicyclic) bond motifs is 4. The summed E-state index contributed by atoms with van der Waals surface area (Å²) >= 11 is 6.06. The number of amides is 1. The largest absolute Gasteiger partial charge is 0.273 e. The number of carbonyl (C=O) groups excluding carboxylic acids is 1. The van der Waals surface area contributed by atoms with Crippen LogP contribution in [0.1, 0.15) is 80.9 Å². The number of halogens is 1. The van der Waals surface area contributed by atoms with Crippen molar-refractivity contribution in [2.45, 2.75) is 82.7 Å². The van der Waals surface area contributed by atoms with E-state index in [2.05, 4.69) is 11.6 Å². The predicted octanol–water partition coefficient (Wildman–Crippen LogP) is 5.37. The number of anilines is 1. The maximum Gasteiger partial charge on any atom is 0.260 e. The summed E-state index contributed by atoms with van der Waals surface area (Å²) in [5, 5.41) is 5.61. The minimum Gasteiger partial charge on any atom is -0.273 e. The van der Waals surface area contributed by atoms with E-state index in [1.165, 1.54) is 38.5 Å². The van der Waals surface area contributed by atoms with Gasteiger partial charge in [-0.3, -0.25) is 9.69 Å². The highest BCUT2D eigenvalue weighted by Gasteiger charge is 2.55. The maximum absolute atomic E-state index is 13.7. The molecule has 2 saturated carbocycles. The van der Waals surface area contributed by atoms with Gasteiger partial charge in [0.05, 0.1) is 5.54 Å². The van der Waals surface area contributed by atoms with Gasteiger partial charge in [-0.25, -0.2) is 4.68 Å². The molecular formula is C23H29ClN4O. The standard InChI is InChI=1S/C23H29ClN4O/c1-2-20-25-22-27(21(29)16-10-12-17(24)13-11-16)19-9-5-4-8-18(19)23(28(22)26-20)14-6-3-7-15-23/h10-13,18-19H,2-9,14-15H2,1H3. The zero-order chi connectivity index (χ0) is 20.0. The highest BCUT2D eigenvalue weighted by molar-refractivity contribution is 6.30. The van der Waals surface area contributed by atoms with Crippen LogP contribution in [0, 0.1) is 5.92 Å². The van der Waals surface area contributed by atoms with Crippen molar-refractivity contribution in [3.8, 4) is 0 Å². The summed E-state index contributed by atoms with van der Waals surface area (Å²) in [5.74, 6) is 2.11. The molecule has 2 heterocycles. The minimum atomic E-state index is 0.0283. The first-order chi connectivity index (χ1) is 14.1. The third-order valence-corrected chi connectivity index (χ3v) is 7.62. The van der Waals surface area contributed by atoms with Crippen LogP contribution in [0.2, 0.25) is 5.02 Å². The molecule has 0 saturated heterocycles. The Labute approximate surface area is 177 Å². The lowest BCUT2D eigenvalue weighted by Gasteiger charge is -2.55. The summed E-state index contributed by atoms with van der Waals surface area (Å²) < 4.78 is 2.19. The molecule has 5 rings (SSSR count). The summed E-state index contributed by atoms with van der Waals surface area (Å²) in [7, 11) is 0. The van der Waals surface area contributed by atoms with Crippen molar-refractivity contribution < 1.29 is 4.79 Å². The topological polar surface area (TPSA) is 51.0 Å². The normalized spacial score (nSPS) is 25.5. The average Bonchev–Trinajstić information content (AvgIpc) is 3.20. The minimum absolute atomic E-state index is 0.0283. The highest BCUT2D eigenvalue weighted by atomic mass is 35.5. The van der Waals surface area contributed by atoms with Crippen molar-refractivity contribution in [2.24, 2.45) is 5.92 Å². The molecule has 1 spiro atoms. The number of aryl methyl sites for hydroxylation is 1. The smallest absolute Gasteiger partial charge is 0.260 e. The quantitative estimate of drug-likeness (QED) is 0.665. The zero-order valence-electron chi connectivity index (χ0n) is 17.1. The van der Waals surface area contributed by atoms with E-state index in [4.69, 9.17) is 21.7 Å². The van der Waals surface area contributed by atoms with E-state index < -0.39 is 0 Å². The van der Waals surface area contributed by atoms with E-state index in [0.29, 0.717) is 16.5 Å². The number of benzene rings is 1. The van der Waals surface area contributed by atoms with Gasteiger partial charge in [-0.05, 0) is 49.9 Å². The lowest BCUT2D eigenvalue weighted by molar-refractivity contribution is 0.0311. The molecule has 5 nitrogen and oxygen atoms in total. The van der Waals surface area contributed by atoms with Gasteiger partial charge >= 0.3 is 0 Å². The molecule has 2 aliphatic carbocycles. The second-order valence-corrected chi connectivity index (χ2v) is 9.33. The summed E-state index contributed by atoms with van der Waals surface area (Å²) in [6.07, 6.45) is 11.6. The van der Waals surface area contributed by atoms with Crippen molar-refractivity contribution in [3.63, 3.8) is 0 Å². The Bertz CT molecular complexity index is 900. The van der Waals surface area contributed by atoms with Crippen LogP contribution in [-0.4, -0.2) is 26.7 Å². The molecule has 3 aliphatic rings. The van der Waals surface area contributed by atoms with Gasteiger partial charge in [0.25, 0.3) is 5.91 Å². The fourth-order valence-electron chi connectivity index (χ4n) is 6.02. The fraction of sp³-hybridized carbons (Fsp3) is 0.609. The number of hydrogen-bond donors (Lipinski definition) is 0. The molecule has 1 aromatic carbocycles. The van der Waals surface area contributed by atoms with Gasteiger partial charge in [-0.2, -0.15) is 10.1 Å². The van der Waals surface area contributed by atoms with E-state index in [1.54, 1.807) is 12.1 Å². The Kier molecular flexibility index (Phi) is 4.89. The molecule has 6 heteroatoms. The van der Waals surface area contributed by atoms with Crippen LogP contribution in [0.25, 0.3) is 0 Å². The van der Waals surface area contributed by atoms with Gasteiger partial charge < -0.3 is 0 Å². The van der Waals surface area contributed by atoms with Gasteiger partial charge in [-0.15, -0.1) is 0 Å². The van der Waals surface area contributed by atoms with Crippen molar-refractivity contribution in [3.05, 3.63) is 40.7 Å². The van der Waals surface area contributed by atoms with E-state index in [9.17, 15) is 4.79 Å². The Morgan fingerprint density at radius 2 is 1.83 bits per heavy atom. The maximum atomic E-state index is 13.7. The Morgan fingerprint density at radius 1 is 1.10 bits per heavy atom. The van der Waals surface area contributed by atoms with Gasteiger partial charge in [0.15, 0.2) is 5.82 Å². The van der Waals surface area contributed by atoms with Crippen molar-refractivity contribution in [2.75, 3.05) is 4.90 Å². The summed E-state index contributed by atoms with van der Waals surface area (Å²) in [4.78, 5) is 20.6. The predicted molar refractivity (Wildman–Crippen MR) is 114 cm³/mol. The van der Waals surface area contributed by atoms with Crippen LogP contribution in [0.4, 0.5) is 5.95 Å². The molecular weight excluding hydrogens is 384 g/mol. The molecule has 1 aromatic heterocycles. The van der Waals surface area contributed by atoms with Gasteiger partial charge in [-0.1, -0.05) is 50.6 Å². The van der Waals surface area contributed by atoms with Crippen LogP contribution < -0.4 is 4.90 Å². The summed E-state index contributed by atoms with van der Waals surface area (Å²) in [5.41, 5.74) is 0.710. The molecule has 1 aliphatic heterocycles. The molecule has 2 atom stereocenters. The number of rotatable bonds is 2. The van der Waals surface area contributed by atoms with E-state index >= 15 is 0 Å². The molecule has 0 N–H and O–H groups in total. The van der Waals surface area contributed by atoms with E-state index in [0.717, 1.165) is 37.5 Å². The van der Waals surface area contributed by atoms with Crippen molar-refractivity contribution in [1.82, 2.24) is 14.8 Å². The first kappa shape index (κ1) is 19.1. The summed E-state index contributed by atoms with van der Waals surface area (Å²) in [6, 6.07) is 7.46. The molecule has 2 unspecified atom stereocenters. The lowest BCUT2D eigenvalue weighted by atomic mass is 9.64. The van der Waals surface area contributed by atoms with Crippen molar-refractivity contribution in [1.29, 1.82) is 0 Å². The first-order valence-corrected chi connectivity index (χ1v) is 11.6. The average molecular weight is 413 g/mol. The molecule has 154 valence electrons. The van der Waals surface area contributed by atoms with Crippen LogP contribution in [0.15, 0.2) is 24.3 Å². The Balaban J connectivity index is 1.66. The third-order valence-electron chi connectivity index (χ3n) is 7.37. The third kappa shape index (κ3) is 3.00. The highest BCUT2D eigenvalue weighted by Crippen LogP contribution is 2.52. The van der Waals surface area contributed by atoms with E-state index in [-0.39, 0.29) is 17.5 Å². The zero-order valence-corrected chi connectivity index (χ0v) is 17.9. The van der Waals surface area contributed by atoms with Gasteiger partial charge in [0.1, 0.15) is 0 Å². The molecule has 2 fully saturated rings. The van der Waals surface area contributed by atoms with Gasteiger partial charge in [0.2, 0.25) is 5.95 Å². The lowest BCUT2D eigenvalue weighted by Crippen LogP contribution is -2.61. The summed E-state index contributed by atoms with van der Waals surface area (Å²) in [6.45, 7) is 2.09. The van der Waals surface area contributed by atoms with Gasteiger partial charge in [0, 0.05) is 29.0 Å². The van der Waals surface area contributed by atoms with Crippen LogP contribution in [0.5, 0.6) is 0 Å². The fourth-order valence-corrected chi connectivity index (χ4v) is 6.15. The molecule has 0 radical (unpaired) electrons. The second-order valence-electron chi connectivity index (χ2n) is 8.90. The Hall–Kier alpha value is -1.88. The van der Waals surface area contributed by atoms with E-state index in [1.807, 2.05) is 17.0 Å². The van der Waals surface area contributed by atoms with Crippen molar-refractivity contribution >= 4 is 23.5 Å².